The van der Waals surface area contributed by atoms with Gasteiger partial charge in [-0.1, -0.05) is 6.07 Å². The number of carbonyl (C=O) groups is 1. The molecule has 0 aliphatic rings. The van der Waals surface area contributed by atoms with Crippen LogP contribution in [0.3, 0.4) is 0 Å². The number of rotatable bonds is 5. The first-order valence-corrected chi connectivity index (χ1v) is 5.97. The molecule has 2 N–H and O–H groups in total. The Morgan fingerprint density at radius 1 is 1.35 bits per heavy atom. The highest BCUT2D eigenvalue weighted by atomic mass is 19.1. The van der Waals surface area contributed by atoms with Crippen molar-refractivity contribution in [1.82, 2.24) is 5.32 Å². The number of aromatic carboxylic acids is 1. The lowest BCUT2D eigenvalue weighted by molar-refractivity contribution is 0.0660. The van der Waals surface area contributed by atoms with Gasteiger partial charge in [-0.15, -0.1) is 0 Å². The number of benzene rings is 1. The Morgan fingerprint density at radius 2 is 2.10 bits per heavy atom. The average molecular weight is 281 g/mol. The van der Waals surface area contributed by atoms with Gasteiger partial charge in [0, 0.05) is 17.7 Å². The number of hydrogen-bond acceptors (Lipinski definition) is 3. The zero-order valence-corrected chi connectivity index (χ0v) is 10.7. The van der Waals surface area contributed by atoms with E-state index in [1.807, 2.05) is 0 Å². The molecule has 1 atom stereocenters. The molecular weight excluding hydrogens is 268 g/mol. The van der Waals surface area contributed by atoms with E-state index in [-0.39, 0.29) is 18.3 Å². The zero-order chi connectivity index (χ0) is 14.7. The first-order valence-electron chi connectivity index (χ1n) is 5.97. The molecule has 0 radical (unpaired) electrons. The topological polar surface area (TPSA) is 62.5 Å². The third-order valence-electron chi connectivity index (χ3n) is 2.88. The van der Waals surface area contributed by atoms with Crippen LogP contribution in [0.2, 0.25) is 0 Å². The van der Waals surface area contributed by atoms with Crippen LogP contribution < -0.4 is 5.32 Å². The molecule has 6 heteroatoms. The Kier molecular flexibility index (Phi) is 4.14. The molecule has 0 saturated heterocycles. The minimum Gasteiger partial charge on any atom is -0.475 e. The van der Waals surface area contributed by atoms with Gasteiger partial charge >= 0.3 is 5.97 Å². The summed E-state index contributed by atoms with van der Waals surface area (Å²) < 4.78 is 31.4. The molecule has 0 fully saturated rings. The summed E-state index contributed by atoms with van der Waals surface area (Å²) in [6.07, 6.45) is 0. The van der Waals surface area contributed by atoms with Crippen LogP contribution in [-0.2, 0) is 6.54 Å². The van der Waals surface area contributed by atoms with Crippen LogP contribution in [0.4, 0.5) is 8.78 Å². The van der Waals surface area contributed by atoms with E-state index >= 15 is 0 Å². The van der Waals surface area contributed by atoms with Crippen LogP contribution in [0, 0.1) is 11.6 Å². The van der Waals surface area contributed by atoms with Crippen molar-refractivity contribution in [3.8, 4) is 0 Å². The van der Waals surface area contributed by atoms with E-state index in [2.05, 4.69) is 5.32 Å². The predicted molar refractivity (Wildman–Crippen MR) is 67.3 cm³/mol. The molecule has 1 unspecified atom stereocenters. The van der Waals surface area contributed by atoms with Crippen molar-refractivity contribution in [2.24, 2.45) is 0 Å². The van der Waals surface area contributed by atoms with Gasteiger partial charge in [0.25, 0.3) is 0 Å². The van der Waals surface area contributed by atoms with E-state index in [0.29, 0.717) is 11.3 Å². The number of carboxylic acid groups (broad SMARTS) is 1. The average Bonchev–Trinajstić information content (AvgIpc) is 2.85. The van der Waals surface area contributed by atoms with Crippen LogP contribution in [0.5, 0.6) is 0 Å². The summed E-state index contributed by atoms with van der Waals surface area (Å²) in [5.74, 6) is -2.13. The lowest BCUT2D eigenvalue weighted by Gasteiger charge is -2.14. The van der Waals surface area contributed by atoms with Gasteiger partial charge in [0.2, 0.25) is 5.76 Å². The van der Waals surface area contributed by atoms with Gasteiger partial charge in [-0.3, -0.25) is 0 Å². The maximum Gasteiger partial charge on any atom is 0.371 e. The standard InChI is InChI=1S/C14H13F2NO3/c1-8(11-4-2-9(15)6-12(11)16)17-7-10-3-5-13(20-10)14(18)19/h2-6,8,17H,7H2,1H3,(H,18,19). The summed E-state index contributed by atoms with van der Waals surface area (Å²) in [6.45, 7) is 1.96. The van der Waals surface area contributed by atoms with Gasteiger partial charge in [0.1, 0.15) is 17.4 Å². The normalized spacial score (nSPS) is 12.3. The van der Waals surface area contributed by atoms with Crippen molar-refractivity contribution >= 4 is 5.97 Å². The predicted octanol–water partition coefficient (Wildman–Crippen LogP) is 3.11. The van der Waals surface area contributed by atoms with Gasteiger partial charge in [-0.05, 0) is 25.1 Å². The first kappa shape index (κ1) is 14.2. The quantitative estimate of drug-likeness (QED) is 0.884. The highest BCUT2D eigenvalue weighted by Crippen LogP contribution is 2.18. The van der Waals surface area contributed by atoms with E-state index in [0.717, 1.165) is 6.07 Å². The fourth-order valence-electron chi connectivity index (χ4n) is 1.80. The molecule has 1 aromatic heterocycles. The summed E-state index contributed by atoms with van der Waals surface area (Å²) in [7, 11) is 0. The van der Waals surface area contributed by atoms with Crippen LogP contribution in [-0.4, -0.2) is 11.1 Å². The molecule has 20 heavy (non-hydrogen) atoms. The summed E-state index contributed by atoms with van der Waals surface area (Å²) >= 11 is 0. The van der Waals surface area contributed by atoms with Crippen molar-refractivity contribution < 1.29 is 23.1 Å². The van der Waals surface area contributed by atoms with Gasteiger partial charge in [-0.2, -0.15) is 0 Å². The van der Waals surface area contributed by atoms with Crippen molar-refractivity contribution in [2.45, 2.75) is 19.5 Å². The van der Waals surface area contributed by atoms with Gasteiger partial charge in [-0.25, -0.2) is 13.6 Å². The Morgan fingerprint density at radius 3 is 2.70 bits per heavy atom. The number of carboxylic acids is 1. The van der Waals surface area contributed by atoms with Gasteiger partial charge in [0.15, 0.2) is 0 Å². The molecule has 0 amide bonds. The monoisotopic (exact) mass is 281 g/mol. The molecule has 0 aliphatic heterocycles. The van der Waals surface area contributed by atoms with Gasteiger partial charge < -0.3 is 14.8 Å². The van der Waals surface area contributed by atoms with Crippen LogP contribution >= 0.6 is 0 Å². The Labute approximate surface area is 114 Å². The molecule has 0 saturated carbocycles. The Bertz CT molecular complexity index is 625. The fourth-order valence-corrected chi connectivity index (χ4v) is 1.80. The molecule has 0 aliphatic carbocycles. The van der Waals surface area contributed by atoms with Crippen molar-refractivity contribution in [1.29, 1.82) is 0 Å². The zero-order valence-electron chi connectivity index (χ0n) is 10.7. The molecule has 1 heterocycles. The smallest absolute Gasteiger partial charge is 0.371 e. The molecule has 1 aromatic carbocycles. The summed E-state index contributed by atoms with van der Waals surface area (Å²) in [6, 6.07) is 5.89. The number of furan rings is 1. The van der Waals surface area contributed by atoms with Crippen LogP contribution in [0.1, 0.15) is 34.8 Å². The SMILES string of the molecule is CC(NCc1ccc(C(=O)O)o1)c1ccc(F)cc1F. The molecule has 4 nitrogen and oxygen atoms in total. The van der Waals surface area contributed by atoms with Crippen molar-refractivity contribution in [3.05, 3.63) is 59.1 Å². The maximum atomic E-state index is 13.6. The Balaban J connectivity index is 2.00. The lowest BCUT2D eigenvalue weighted by Crippen LogP contribution is -2.19. The third kappa shape index (κ3) is 3.21. The van der Waals surface area contributed by atoms with Gasteiger partial charge in [0.05, 0.1) is 6.54 Å². The van der Waals surface area contributed by atoms with E-state index < -0.39 is 17.6 Å². The van der Waals surface area contributed by atoms with E-state index in [4.69, 9.17) is 9.52 Å². The van der Waals surface area contributed by atoms with Crippen molar-refractivity contribution in [3.63, 3.8) is 0 Å². The molecule has 0 bridgehead atoms. The largest absolute Gasteiger partial charge is 0.475 e. The van der Waals surface area contributed by atoms with E-state index in [9.17, 15) is 13.6 Å². The van der Waals surface area contributed by atoms with Crippen molar-refractivity contribution in [2.75, 3.05) is 0 Å². The van der Waals surface area contributed by atoms with Crippen LogP contribution in [0.25, 0.3) is 0 Å². The third-order valence-corrected chi connectivity index (χ3v) is 2.88. The van der Waals surface area contributed by atoms with Crippen LogP contribution in [0.15, 0.2) is 34.7 Å². The molecule has 2 rings (SSSR count). The highest BCUT2D eigenvalue weighted by Gasteiger charge is 2.13. The second-order valence-electron chi connectivity index (χ2n) is 4.34. The number of hydrogen-bond donors (Lipinski definition) is 2. The minimum absolute atomic E-state index is 0.151. The van der Waals surface area contributed by atoms with E-state index in [1.54, 1.807) is 6.92 Å². The highest BCUT2D eigenvalue weighted by molar-refractivity contribution is 5.84. The second-order valence-corrected chi connectivity index (χ2v) is 4.34. The lowest BCUT2D eigenvalue weighted by atomic mass is 10.1. The van der Waals surface area contributed by atoms with E-state index in [1.165, 1.54) is 24.3 Å². The minimum atomic E-state index is -1.14. The summed E-state index contributed by atoms with van der Waals surface area (Å²) in [4.78, 5) is 10.7. The summed E-state index contributed by atoms with van der Waals surface area (Å²) in [5.41, 5.74) is 0.330. The number of nitrogens with one attached hydrogen (secondary N) is 1. The first-order chi connectivity index (χ1) is 9.47. The second kappa shape index (κ2) is 5.83. The molecule has 106 valence electrons. The Hall–Kier alpha value is -2.21. The fraction of sp³-hybridized carbons (Fsp3) is 0.214. The summed E-state index contributed by atoms with van der Waals surface area (Å²) in [5, 5.41) is 11.7. The molecular formula is C14H13F2NO3. The number of halogens is 2. The molecule has 0 spiro atoms. The maximum absolute atomic E-state index is 13.6. The molecule has 2 aromatic rings.